The standard InChI is InChI=1S/C33H33F2N7O2/c34-26-9-2-7-21-6-1-8-24(27(21)26)29-28(35)30-25(17-36-29)31(40-12-5-15-42-23(18-40)16-22(19-43)39-42)38-32(37-30)44-20-33-10-3-13-41(33)14-4-11-33/h1-2,6-9,16-17,43H,3-5,10-15,18-20H2. The molecule has 3 aliphatic heterocycles. The van der Waals surface area contributed by atoms with Crippen LogP contribution < -0.4 is 9.64 Å². The first kappa shape index (κ1) is 27.3. The molecule has 3 aliphatic rings. The van der Waals surface area contributed by atoms with E-state index in [2.05, 4.69) is 24.9 Å². The molecule has 1 N–H and O–H groups in total. The zero-order valence-electron chi connectivity index (χ0n) is 24.3. The molecule has 226 valence electrons. The lowest BCUT2D eigenvalue weighted by Gasteiger charge is -2.31. The summed E-state index contributed by atoms with van der Waals surface area (Å²) < 4.78 is 40.0. The van der Waals surface area contributed by atoms with Gasteiger partial charge in [0.05, 0.1) is 35.5 Å². The van der Waals surface area contributed by atoms with Gasteiger partial charge in [-0.25, -0.2) is 8.78 Å². The Morgan fingerprint density at radius 1 is 0.955 bits per heavy atom. The van der Waals surface area contributed by atoms with Gasteiger partial charge in [-0.2, -0.15) is 15.1 Å². The number of hydrogen-bond donors (Lipinski definition) is 1. The fourth-order valence-corrected chi connectivity index (χ4v) is 7.45. The second-order valence-corrected chi connectivity index (χ2v) is 12.1. The van der Waals surface area contributed by atoms with Gasteiger partial charge < -0.3 is 14.7 Å². The monoisotopic (exact) mass is 597 g/mol. The Morgan fingerprint density at radius 3 is 2.59 bits per heavy atom. The molecule has 11 heteroatoms. The number of aromatic nitrogens is 5. The maximum Gasteiger partial charge on any atom is 0.319 e. The predicted octanol–water partition coefficient (Wildman–Crippen LogP) is 5.23. The second kappa shape index (κ2) is 10.7. The first-order valence-corrected chi connectivity index (χ1v) is 15.4. The number of aliphatic hydroxyl groups is 1. The fourth-order valence-electron chi connectivity index (χ4n) is 7.45. The number of fused-ring (bicyclic) bond motifs is 4. The summed E-state index contributed by atoms with van der Waals surface area (Å²) in [6, 6.07) is 12.1. The van der Waals surface area contributed by atoms with Crippen molar-refractivity contribution in [3.63, 3.8) is 0 Å². The summed E-state index contributed by atoms with van der Waals surface area (Å²) in [5.41, 5.74) is 1.99. The molecule has 2 saturated heterocycles. The summed E-state index contributed by atoms with van der Waals surface area (Å²) in [4.78, 5) is 18.6. The van der Waals surface area contributed by atoms with Gasteiger partial charge in [-0.15, -0.1) is 0 Å². The zero-order chi connectivity index (χ0) is 29.8. The number of hydrogen-bond acceptors (Lipinski definition) is 8. The maximum absolute atomic E-state index is 16.7. The van der Waals surface area contributed by atoms with Crippen LogP contribution in [0.5, 0.6) is 6.01 Å². The summed E-state index contributed by atoms with van der Waals surface area (Å²) in [6.45, 7) is 4.25. The Labute approximate surface area is 253 Å². The largest absolute Gasteiger partial charge is 0.461 e. The third-order valence-electron chi connectivity index (χ3n) is 9.56. The number of pyridine rings is 1. The van der Waals surface area contributed by atoms with Crippen LogP contribution >= 0.6 is 0 Å². The lowest BCUT2D eigenvalue weighted by Crippen LogP contribution is -2.43. The molecule has 3 aromatic heterocycles. The van der Waals surface area contributed by atoms with Gasteiger partial charge in [0, 0.05) is 30.2 Å². The highest BCUT2D eigenvalue weighted by Gasteiger charge is 2.45. The molecule has 0 atom stereocenters. The molecule has 6 heterocycles. The van der Waals surface area contributed by atoms with Gasteiger partial charge in [-0.1, -0.05) is 30.3 Å². The average molecular weight is 598 g/mol. The van der Waals surface area contributed by atoms with Gasteiger partial charge in [0.2, 0.25) is 0 Å². The SMILES string of the molecule is OCc1cc2n(n1)CCCN(c1nc(OCC34CCCN3CCC4)nc3c(F)c(-c4cccc5cccc(F)c45)ncc13)C2. The quantitative estimate of drug-likeness (QED) is 0.285. The third kappa shape index (κ3) is 4.48. The highest BCUT2D eigenvalue weighted by atomic mass is 19.1. The Hall–Kier alpha value is -4.22. The molecule has 5 aromatic rings. The molecule has 0 aliphatic carbocycles. The van der Waals surface area contributed by atoms with Crippen molar-refractivity contribution in [2.45, 2.75) is 57.3 Å². The summed E-state index contributed by atoms with van der Waals surface area (Å²) in [5, 5.41) is 15.6. The molecular formula is C33H33F2N7O2. The Balaban J connectivity index is 1.26. The zero-order valence-corrected chi connectivity index (χ0v) is 24.3. The van der Waals surface area contributed by atoms with Crippen LogP contribution in [-0.4, -0.2) is 66.5 Å². The van der Waals surface area contributed by atoms with E-state index in [1.807, 2.05) is 10.7 Å². The van der Waals surface area contributed by atoms with Crippen LogP contribution in [0.25, 0.3) is 32.9 Å². The number of aryl methyl sites for hydroxylation is 1. The first-order valence-electron chi connectivity index (χ1n) is 15.4. The third-order valence-corrected chi connectivity index (χ3v) is 9.56. The van der Waals surface area contributed by atoms with Gasteiger partial charge in [-0.3, -0.25) is 14.6 Å². The van der Waals surface area contributed by atoms with Gasteiger partial charge in [0.1, 0.15) is 29.5 Å². The summed E-state index contributed by atoms with van der Waals surface area (Å²) >= 11 is 0. The van der Waals surface area contributed by atoms with E-state index in [0.29, 0.717) is 59.5 Å². The molecule has 8 rings (SSSR count). The van der Waals surface area contributed by atoms with E-state index in [1.165, 1.54) is 6.07 Å². The Morgan fingerprint density at radius 2 is 1.77 bits per heavy atom. The molecule has 2 aromatic carbocycles. The van der Waals surface area contributed by atoms with E-state index in [4.69, 9.17) is 9.72 Å². The molecule has 0 saturated carbocycles. The molecule has 9 nitrogen and oxygen atoms in total. The number of halogens is 2. The van der Waals surface area contributed by atoms with Crippen molar-refractivity contribution in [3.05, 3.63) is 71.7 Å². The van der Waals surface area contributed by atoms with Crippen molar-refractivity contribution in [1.82, 2.24) is 29.6 Å². The highest BCUT2D eigenvalue weighted by molar-refractivity contribution is 5.99. The van der Waals surface area contributed by atoms with Crippen molar-refractivity contribution >= 4 is 27.5 Å². The van der Waals surface area contributed by atoms with Crippen molar-refractivity contribution in [1.29, 1.82) is 0 Å². The molecule has 0 amide bonds. The normalized spacial score (nSPS) is 18.1. The minimum atomic E-state index is -0.643. The van der Waals surface area contributed by atoms with E-state index >= 15 is 8.78 Å². The van der Waals surface area contributed by atoms with Crippen LogP contribution in [-0.2, 0) is 19.7 Å². The summed E-state index contributed by atoms with van der Waals surface area (Å²) in [7, 11) is 0. The van der Waals surface area contributed by atoms with Crippen molar-refractivity contribution in [3.8, 4) is 17.3 Å². The predicted molar refractivity (Wildman–Crippen MR) is 162 cm³/mol. The molecule has 0 spiro atoms. The van der Waals surface area contributed by atoms with Crippen LogP contribution in [0.4, 0.5) is 14.6 Å². The molecule has 2 fully saturated rings. The minimum Gasteiger partial charge on any atom is -0.461 e. The van der Waals surface area contributed by atoms with Crippen molar-refractivity contribution in [2.75, 3.05) is 31.1 Å². The molecule has 44 heavy (non-hydrogen) atoms. The summed E-state index contributed by atoms with van der Waals surface area (Å²) in [6.07, 6.45) is 6.76. The smallest absolute Gasteiger partial charge is 0.319 e. The number of aliphatic hydroxyl groups excluding tert-OH is 1. The molecular weight excluding hydrogens is 564 g/mol. The van der Waals surface area contributed by atoms with E-state index < -0.39 is 11.6 Å². The number of benzene rings is 2. The van der Waals surface area contributed by atoms with Crippen LogP contribution in [0.1, 0.15) is 43.5 Å². The maximum atomic E-state index is 16.7. The minimum absolute atomic E-state index is 0.0293. The second-order valence-electron chi connectivity index (χ2n) is 12.1. The van der Waals surface area contributed by atoms with Crippen LogP contribution in [0.15, 0.2) is 48.7 Å². The number of ether oxygens (including phenoxy) is 1. The van der Waals surface area contributed by atoms with E-state index in [1.54, 1.807) is 36.5 Å². The van der Waals surface area contributed by atoms with E-state index in [0.717, 1.165) is 50.9 Å². The number of anilines is 1. The van der Waals surface area contributed by atoms with Gasteiger partial charge in [0.15, 0.2) is 5.82 Å². The molecule has 0 unspecified atom stereocenters. The lowest BCUT2D eigenvalue weighted by atomic mass is 9.95. The van der Waals surface area contributed by atoms with Gasteiger partial charge >= 0.3 is 6.01 Å². The van der Waals surface area contributed by atoms with E-state index in [-0.39, 0.29) is 29.4 Å². The average Bonchev–Trinajstić information content (AvgIpc) is 3.70. The topological polar surface area (TPSA) is 92.4 Å². The van der Waals surface area contributed by atoms with Crippen LogP contribution in [0, 0.1) is 11.6 Å². The number of rotatable bonds is 6. The Kier molecular flexibility index (Phi) is 6.67. The molecule has 0 bridgehead atoms. The van der Waals surface area contributed by atoms with Crippen molar-refractivity contribution < 1.29 is 18.6 Å². The van der Waals surface area contributed by atoms with Crippen molar-refractivity contribution in [2.24, 2.45) is 0 Å². The van der Waals surface area contributed by atoms with Gasteiger partial charge in [0.25, 0.3) is 0 Å². The summed E-state index contributed by atoms with van der Waals surface area (Å²) in [5.74, 6) is -0.553. The van der Waals surface area contributed by atoms with E-state index in [9.17, 15) is 5.11 Å². The Bertz CT molecular complexity index is 1880. The lowest BCUT2D eigenvalue weighted by molar-refractivity contribution is 0.108. The van der Waals surface area contributed by atoms with Crippen LogP contribution in [0.3, 0.4) is 0 Å². The van der Waals surface area contributed by atoms with Gasteiger partial charge in [-0.05, 0) is 62.7 Å². The molecule has 0 radical (unpaired) electrons. The highest BCUT2D eigenvalue weighted by Crippen LogP contribution is 2.40. The first-order chi connectivity index (χ1) is 21.5. The van der Waals surface area contributed by atoms with Crippen LogP contribution in [0.2, 0.25) is 0 Å². The number of nitrogens with zero attached hydrogens (tertiary/aromatic N) is 7. The fraction of sp³-hybridized carbons (Fsp3) is 0.394.